The van der Waals surface area contributed by atoms with Crippen molar-refractivity contribution in [1.29, 1.82) is 0 Å². The first-order valence-electron chi connectivity index (χ1n) is 6.30. The topological polar surface area (TPSA) is 12.0 Å². The highest BCUT2D eigenvalue weighted by Gasteiger charge is 2.33. The lowest BCUT2D eigenvalue weighted by atomic mass is 10.1. The smallest absolute Gasteiger partial charge is 0.123 e. The van der Waals surface area contributed by atoms with Gasteiger partial charge in [0.25, 0.3) is 0 Å². The van der Waals surface area contributed by atoms with E-state index in [1.54, 1.807) is 17.4 Å². The summed E-state index contributed by atoms with van der Waals surface area (Å²) in [7, 11) is 0. The van der Waals surface area contributed by atoms with Crippen LogP contribution in [0.1, 0.15) is 29.3 Å². The Balaban J connectivity index is 1.84. The van der Waals surface area contributed by atoms with Crippen molar-refractivity contribution in [2.75, 3.05) is 5.32 Å². The summed E-state index contributed by atoms with van der Waals surface area (Å²) in [4.78, 5) is 1.38. The third kappa shape index (κ3) is 2.41. The number of anilines is 1. The lowest BCUT2D eigenvalue weighted by Crippen LogP contribution is -2.12. The van der Waals surface area contributed by atoms with Gasteiger partial charge in [-0.15, -0.1) is 11.3 Å². The molecular formula is C15H16FNS. The van der Waals surface area contributed by atoms with E-state index in [1.807, 2.05) is 13.0 Å². The summed E-state index contributed by atoms with van der Waals surface area (Å²) in [6.07, 6.45) is 2.58. The van der Waals surface area contributed by atoms with E-state index in [0.717, 1.165) is 17.2 Å². The van der Waals surface area contributed by atoms with Gasteiger partial charge in [0.2, 0.25) is 0 Å². The molecule has 1 aliphatic carbocycles. The minimum Gasteiger partial charge on any atom is -0.377 e. The molecule has 2 aromatic rings. The van der Waals surface area contributed by atoms with E-state index < -0.39 is 0 Å². The Labute approximate surface area is 111 Å². The highest BCUT2D eigenvalue weighted by Crippen LogP contribution is 2.44. The van der Waals surface area contributed by atoms with E-state index >= 15 is 0 Å². The fourth-order valence-electron chi connectivity index (χ4n) is 2.28. The van der Waals surface area contributed by atoms with E-state index in [1.165, 1.54) is 23.8 Å². The summed E-state index contributed by atoms with van der Waals surface area (Å²) in [6, 6.07) is 9.60. The number of halogens is 1. The van der Waals surface area contributed by atoms with Gasteiger partial charge in [-0.1, -0.05) is 6.07 Å². The van der Waals surface area contributed by atoms with Crippen molar-refractivity contribution in [2.45, 2.75) is 25.8 Å². The van der Waals surface area contributed by atoms with Crippen molar-refractivity contribution in [3.8, 4) is 0 Å². The highest BCUT2D eigenvalue weighted by molar-refractivity contribution is 7.10. The number of nitrogens with one attached hydrogen (secondary N) is 1. The number of thiophene rings is 1. The Morgan fingerprint density at radius 3 is 2.78 bits per heavy atom. The predicted octanol–water partition coefficient (Wildman–Crippen LogP) is 4.76. The largest absolute Gasteiger partial charge is 0.377 e. The summed E-state index contributed by atoms with van der Waals surface area (Å²) in [6.45, 7) is 1.95. The van der Waals surface area contributed by atoms with Crippen molar-refractivity contribution in [3.63, 3.8) is 0 Å². The molecular weight excluding hydrogens is 245 g/mol. The maximum Gasteiger partial charge on any atom is 0.123 e. The van der Waals surface area contributed by atoms with Crippen LogP contribution in [-0.2, 0) is 0 Å². The molecule has 3 rings (SSSR count). The van der Waals surface area contributed by atoms with Crippen LogP contribution < -0.4 is 5.32 Å². The second-order valence-corrected chi connectivity index (χ2v) is 5.91. The monoisotopic (exact) mass is 261 g/mol. The Morgan fingerprint density at radius 1 is 1.33 bits per heavy atom. The minimum atomic E-state index is -0.169. The molecule has 0 aliphatic heterocycles. The van der Waals surface area contributed by atoms with Crippen LogP contribution in [0.25, 0.3) is 0 Å². The number of hydrogen-bond donors (Lipinski definition) is 1. The van der Waals surface area contributed by atoms with Crippen LogP contribution in [0.2, 0.25) is 0 Å². The molecule has 1 aliphatic rings. The van der Waals surface area contributed by atoms with Gasteiger partial charge in [0, 0.05) is 10.6 Å². The molecule has 1 aromatic heterocycles. The van der Waals surface area contributed by atoms with Crippen LogP contribution in [0.15, 0.2) is 35.7 Å². The summed E-state index contributed by atoms with van der Waals surface area (Å²) < 4.78 is 13.1. The Bertz CT molecular complexity index is 531. The third-order valence-electron chi connectivity index (χ3n) is 3.44. The molecule has 1 aromatic carbocycles. The molecule has 1 atom stereocenters. The molecule has 18 heavy (non-hydrogen) atoms. The minimum absolute atomic E-state index is 0.169. The molecule has 0 bridgehead atoms. The van der Waals surface area contributed by atoms with Crippen LogP contribution in [0.5, 0.6) is 0 Å². The van der Waals surface area contributed by atoms with Crippen molar-refractivity contribution in [2.24, 2.45) is 5.92 Å². The van der Waals surface area contributed by atoms with Gasteiger partial charge < -0.3 is 5.32 Å². The summed E-state index contributed by atoms with van der Waals surface area (Å²) >= 11 is 1.79. The van der Waals surface area contributed by atoms with E-state index in [4.69, 9.17) is 0 Å². The molecule has 3 heteroatoms. The average Bonchev–Trinajstić information content (AvgIpc) is 3.03. The van der Waals surface area contributed by atoms with Gasteiger partial charge in [-0.25, -0.2) is 4.39 Å². The Morgan fingerprint density at radius 2 is 2.17 bits per heavy atom. The maximum atomic E-state index is 13.1. The second kappa shape index (κ2) is 4.73. The first-order chi connectivity index (χ1) is 8.74. The number of hydrogen-bond acceptors (Lipinski definition) is 2. The van der Waals surface area contributed by atoms with Gasteiger partial charge in [0.15, 0.2) is 0 Å². The molecule has 0 spiro atoms. The zero-order valence-corrected chi connectivity index (χ0v) is 11.1. The van der Waals surface area contributed by atoms with Crippen LogP contribution in [0.3, 0.4) is 0 Å². The summed E-state index contributed by atoms with van der Waals surface area (Å²) in [5.41, 5.74) is 2.01. The van der Waals surface area contributed by atoms with Gasteiger partial charge in [0.05, 0.1) is 6.04 Å². The van der Waals surface area contributed by atoms with E-state index in [9.17, 15) is 4.39 Å². The molecule has 1 fully saturated rings. The lowest BCUT2D eigenvalue weighted by molar-refractivity contribution is 0.626. The predicted molar refractivity (Wildman–Crippen MR) is 74.5 cm³/mol. The van der Waals surface area contributed by atoms with Crippen LogP contribution >= 0.6 is 11.3 Å². The van der Waals surface area contributed by atoms with Crippen molar-refractivity contribution < 1.29 is 4.39 Å². The third-order valence-corrected chi connectivity index (χ3v) is 4.40. The molecule has 1 unspecified atom stereocenters. The van der Waals surface area contributed by atoms with Crippen LogP contribution in [-0.4, -0.2) is 0 Å². The molecule has 94 valence electrons. The maximum absolute atomic E-state index is 13.1. The average molecular weight is 261 g/mol. The molecule has 1 saturated carbocycles. The first kappa shape index (κ1) is 11.7. The molecule has 1 N–H and O–H groups in total. The van der Waals surface area contributed by atoms with E-state index in [2.05, 4.69) is 22.8 Å². The molecule has 0 amide bonds. The standard InChI is InChI=1S/C15H16FNS/c1-10-9-12(16)6-7-13(10)17-15(11-4-5-11)14-3-2-8-18-14/h2-3,6-9,11,15,17H,4-5H2,1H3. The van der Waals surface area contributed by atoms with Crippen LogP contribution in [0.4, 0.5) is 10.1 Å². The molecule has 0 radical (unpaired) electrons. The number of rotatable bonds is 4. The van der Waals surface area contributed by atoms with E-state index in [-0.39, 0.29) is 5.82 Å². The quantitative estimate of drug-likeness (QED) is 0.836. The molecule has 1 nitrogen and oxygen atoms in total. The molecule has 0 saturated heterocycles. The first-order valence-corrected chi connectivity index (χ1v) is 7.18. The summed E-state index contributed by atoms with van der Waals surface area (Å²) in [5.74, 6) is 0.560. The normalized spacial score (nSPS) is 16.6. The number of benzene rings is 1. The SMILES string of the molecule is Cc1cc(F)ccc1NC(c1cccs1)C1CC1. The van der Waals surface area contributed by atoms with Gasteiger partial charge in [-0.3, -0.25) is 0 Å². The lowest BCUT2D eigenvalue weighted by Gasteiger charge is -2.19. The van der Waals surface area contributed by atoms with E-state index in [0.29, 0.717) is 6.04 Å². The van der Waals surface area contributed by atoms with Gasteiger partial charge >= 0.3 is 0 Å². The van der Waals surface area contributed by atoms with Crippen LogP contribution in [0, 0.1) is 18.7 Å². The van der Waals surface area contributed by atoms with Crippen molar-refractivity contribution in [1.82, 2.24) is 0 Å². The van der Waals surface area contributed by atoms with Crippen molar-refractivity contribution >= 4 is 17.0 Å². The highest BCUT2D eigenvalue weighted by atomic mass is 32.1. The van der Waals surface area contributed by atoms with Gasteiger partial charge in [-0.2, -0.15) is 0 Å². The fraction of sp³-hybridized carbons (Fsp3) is 0.333. The zero-order chi connectivity index (χ0) is 12.5. The van der Waals surface area contributed by atoms with Gasteiger partial charge in [0.1, 0.15) is 5.82 Å². The zero-order valence-electron chi connectivity index (χ0n) is 10.3. The fourth-order valence-corrected chi connectivity index (χ4v) is 3.15. The second-order valence-electron chi connectivity index (χ2n) is 4.93. The van der Waals surface area contributed by atoms with Crippen molar-refractivity contribution in [3.05, 3.63) is 52.0 Å². The molecule has 1 heterocycles. The summed E-state index contributed by atoms with van der Waals surface area (Å²) in [5, 5.41) is 5.70. The Kier molecular flexibility index (Phi) is 3.08. The van der Waals surface area contributed by atoms with Gasteiger partial charge in [-0.05, 0) is 60.9 Å². The number of aryl methyl sites for hydroxylation is 1. The Hall–Kier alpha value is -1.35.